The molecule has 0 heterocycles. The van der Waals surface area contributed by atoms with Gasteiger partial charge in [0.05, 0.1) is 19.3 Å². The maximum absolute atomic E-state index is 10.4. The van der Waals surface area contributed by atoms with Crippen LogP contribution in [0.2, 0.25) is 0 Å². The maximum atomic E-state index is 10.4. The second kappa shape index (κ2) is 11.5. The molecule has 0 bridgehead atoms. The van der Waals surface area contributed by atoms with Crippen LogP contribution in [0.5, 0.6) is 5.75 Å². The molecule has 138 valence electrons. The lowest BCUT2D eigenvalue weighted by atomic mass is 9.98. The monoisotopic (exact) mass is 449 g/mol. The lowest BCUT2D eigenvalue weighted by Crippen LogP contribution is -2.46. The van der Waals surface area contributed by atoms with Crippen LogP contribution in [-0.4, -0.2) is 36.9 Å². The largest absolute Gasteiger partial charge is 0.496 e. The summed E-state index contributed by atoms with van der Waals surface area (Å²) in [4.78, 5) is 4.60. The number of ether oxygens (including phenoxy) is 1. The summed E-state index contributed by atoms with van der Waals surface area (Å²) >= 11 is 0. The van der Waals surface area contributed by atoms with Crippen molar-refractivity contribution < 1.29 is 9.84 Å². The normalized spacial score (nSPS) is 11.7. The summed E-state index contributed by atoms with van der Waals surface area (Å²) in [5, 5.41) is 16.8. The van der Waals surface area contributed by atoms with E-state index < -0.39 is 5.60 Å². The quantitative estimate of drug-likeness (QED) is 0.324. The Bertz CT molecular complexity index is 517. The van der Waals surface area contributed by atoms with Crippen molar-refractivity contribution in [2.45, 2.75) is 52.7 Å². The van der Waals surface area contributed by atoms with Gasteiger partial charge in [-0.3, -0.25) is 0 Å². The molecular formula is C18H32IN3O2. The zero-order valence-corrected chi connectivity index (χ0v) is 17.8. The summed E-state index contributed by atoms with van der Waals surface area (Å²) in [7, 11) is 1.67. The van der Waals surface area contributed by atoms with Gasteiger partial charge in [0.1, 0.15) is 5.75 Å². The summed E-state index contributed by atoms with van der Waals surface area (Å²) in [5.41, 5.74) is 1.50. The summed E-state index contributed by atoms with van der Waals surface area (Å²) < 4.78 is 5.42. The summed E-state index contributed by atoms with van der Waals surface area (Å²) in [6, 6.07) is 6.11. The summed E-state index contributed by atoms with van der Waals surface area (Å²) in [6.45, 7) is 9.83. The van der Waals surface area contributed by atoms with Gasteiger partial charge in [0.15, 0.2) is 5.96 Å². The minimum absolute atomic E-state index is 0. The number of nitrogens with one attached hydrogen (secondary N) is 2. The lowest BCUT2D eigenvalue weighted by molar-refractivity contribution is 0.0367. The Kier molecular flexibility index (Phi) is 11.0. The number of benzene rings is 1. The fourth-order valence-corrected chi connectivity index (χ4v) is 2.24. The van der Waals surface area contributed by atoms with Crippen LogP contribution in [0.1, 0.15) is 44.7 Å². The predicted octanol–water partition coefficient (Wildman–Crippen LogP) is 3.23. The van der Waals surface area contributed by atoms with Crippen molar-refractivity contribution >= 4 is 29.9 Å². The van der Waals surface area contributed by atoms with Gasteiger partial charge in [0, 0.05) is 18.7 Å². The minimum Gasteiger partial charge on any atom is -0.496 e. The summed E-state index contributed by atoms with van der Waals surface area (Å²) in [6.07, 6.45) is 1.42. The third-order valence-corrected chi connectivity index (χ3v) is 4.10. The first-order valence-electron chi connectivity index (χ1n) is 8.36. The zero-order chi connectivity index (χ0) is 17.3. The number of guanidine groups is 1. The molecule has 0 amide bonds. The van der Waals surface area contributed by atoms with Crippen LogP contribution in [0.4, 0.5) is 0 Å². The van der Waals surface area contributed by atoms with E-state index in [0.29, 0.717) is 31.9 Å². The van der Waals surface area contributed by atoms with Crippen molar-refractivity contribution in [2.75, 3.05) is 20.2 Å². The number of aliphatic imine (C=N–C) groups is 1. The fourth-order valence-electron chi connectivity index (χ4n) is 2.24. The molecule has 5 nitrogen and oxygen atoms in total. The highest BCUT2D eigenvalue weighted by Gasteiger charge is 2.22. The molecule has 0 spiro atoms. The number of aliphatic hydroxyl groups is 1. The third kappa shape index (κ3) is 7.25. The molecule has 3 N–H and O–H groups in total. The molecule has 6 heteroatoms. The first-order chi connectivity index (χ1) is 11.0. The minimum atomic E-state index is -0.697. The van der Waals surface area contributed by atoms with Crippen LogP contribution in [0.15, 0.2) is 23.2 Å². The number of rotatable bonds is 8. The van der Waals surface area contributed by atoms with Gasteiger partial charge >= 0.3 is 0 Å². The Morgan fingerprint density at radius 2 is 1.88 bits per heavy atom. The first kappa shape index (κ1) is 23.0. The second-order valence-electron chi connectivity index (χ2n) is 5.80. The van der Waals surface area contributed by atoms with Crippen LogP contribution in [0, 0.1) is 6.92 Å². The summed E-state index contributed by atoms with van der Waals surface area (Å²) in [5.74, 6) is 1.55. The molecule has 0 saturated heterocycles. The third-order valence-electron chi connectivity index (χ3n) is 4.10. The molecule has 0 aromatic heterocycles. The van der Waals surface area contributed by atoms with E-state index in [-0.39, 0.29) is 24.0 Å². The van der Waals surface area contributed by atoms with Crippen molar-refractivity contribution in [1.29, 1.82) is 0 Å². The molecule has 0 unspecified atom stereocenters. The van der Waals surface area contributed by atoms with E-state index in [2.05, 4.69) is 21.7 Å². The van der Waals surface area contributed by atoms with Crippen LogP contribution in [0.25, 0.3) is 0 Å². The Balaban J connectivity index is 0.00000529. The smallest absolute Gasteiger partial charge is 0.191 e. The van der Waals surface area contributed by atoms with Gasteiger partial charge in [-0.1, -0.05) is 26.0 Å². The Hall–Kier alpha value is -1.02. The van der Waals surface area contributed by atoms with Gasteiger partial charge in [-0.05, 0) is 38.3 Å². The van der Waals surface area contributed by atoms with E-state index in [9.17, 15) is 5.11 Å². The van der Waals surface area contributed by atoms with Crippen molar-refractivity contribution in [3.05, 3.63) is 29.3 Å². The van der Waals surface area contributed by atoms with Gasteiger partial charge < -0.3 is 20.5 Å². The van der Waals surface area contributed by atoms with Crippen LogP contribution >= 0.6 is 24.0 Å². The number of nitrogens with zero attached hydrogens (tertiary/aromatic N) is 1. The van der Waals surface area contributed by atoms with E-state index >= 15 is 0 Å². The molecular weight excluding hydrogens is 417 g/mol. The predicted molar refractivity (Wildman–Crippen MR) is 111 cm³/mol. The molecule has 0 fully saturated rings. The first-order valence-corrected chi connectivity index (χ1v) is 8.36. The Labute approximate surface area is 163 Å². The number of hydrogen-bond donors (Lipinski definition) is 3. The number of methoxy groups -OCH3 is 1. The van der Waals surface area contributed by atoms with Gasteiger partial charge in [0.2, 0.25) is 0 Å². The molecule has 0 aliphatic rings. The van der Waals surface area contributed by atoms with Crippen molar-refractivity contribution in [3.8, 4) is 5.75 Å². The second-order valence-corrected chi connectivity index (χ2v) is 5.80. The van der Waals surface area contributed by atoms with Crippen LogP contribution < -0.4 is 15.4 Å². The topological polar surface area (TPSA) is 65.9 Å². The van der Waals surface area contributed by atoms with E-state index in [0.717, 1.165) is 23.4 Å². The average Bonchev–Trinajstić information content (AvgIpc) is 2.57. The van der Waals surface area contributed by atoms with Gasteiger partial charge in [-0.25, -0.2) is 4.99 Å². The van der Waals surface area contributed by atoms with Crippen LogP contribution in [0.3, 0.4) is 0 Å². The number of halogens is 1. The average molecular weight is 449 g/mol. The number of aryl methyl sites for hydroxylation is 1. The van der Waals surface area contributed by atoms with Crippen molar-refractivity contribution in [1.82, 2.24) is 10.6 Å². The molecule has 1 rings (SSSR count). The SMILES string of the molecule is CCNC(=NCc1ccc(C)cc1OC)NCC(O)(CC)CC.I. The fraction of sp³-hybridized carbons (Fsp3) is 0.611. The molecule has 0 aliphatic heterocycles. The molecule has 0 radical (unpaired) electrons. The van der Waals surface area contributed by atoms with E-state index in [1.807, 2.05) is 39.8 Å². The zero-order valence-electron chi connectivity index (χ0n) is 15.5. The molecule has 1 aromatic carbocycles. The maximum Gasteiger partial charge on any atom is 0.191 e. The molecule has 0 saturated carbocycles. The standard InChI is InChI=1S/C18H31N3O2.HI/c1-6-18(22,7-2)13-21-17(19-8-3)20-12-15-10-9-14(4)11-16(15)23-5;/h9-11,22H,6-8,12-13H2,1-5H3,(H2,19,20,21);1H. The van der Waals surface area contributed by atoms with E-state index in [1.165, 1.54) is 0 Å². The van der Waals surface area contributed by atoms with Gasteiger partial charge in [0.25, 0.3) is 0 Å². The molecule has 1 aromatic rings. The highest BCUT2D eigenvalue weighted by atomic mass is 127. The van der Waals surface area contributed by atoms with Gasteiger partial charge in [-0.15, -0.1) is 24.0 Å². The highest BCUT2D eigenvalue weighted by molar-refractivity contribution is 14.0. The van der Waals surface area contributed by atoms with E-state index in [1.54, 1.807) is 7.11 Å². The van der Waals surface area contributed by atoms with E-state index in [4.69, 9.17) is 4.74 Å². The number of hydrogen-bond acceptors (Lipinski definition) is 3. The molecule has 0 atom stereocenters. The van der Waals surface area contributed by atoms with Crippen molar-refractivity contribution in [3.63, 3.8) is 0 Å². The molecule has 24 heavy (non-hydrogen) atoms. The highest BCUT2D eigenvalue weighted by Crippen LogP contribution is 2.20. The Morgan fingerprint density at radius 3 is 2.42 bits per heavy atom. The molecule has 0 aliphatic carbocycles. The van der Waals surface area contributed by atoms with Crippen molar-refractivity contribution in [2.24, 2.45) is 4.99 Å². The van der Waals surface area contributed by atoms with Gasteiger partial charge in [-0.2, -0.15) is 0 Å². The van der Waals surface area contributed by atoms with Crippen LogP contribution in [-0.2, 0) is 6.54 Å². The lowest BCUT2D eigenvalue weighted by Gasteiger charge is -2.26. The Morgan fingerprint density at radius 1 is 1.21 bits per heavy atom.